The molecule has 3 aromatic rings. The van der Waals surface area contributed by atoms with Crippen molar-refractivity contribution in [1.29, 1.82) is 0 Å². The van der Waals surface area contributed by atoms with Crippen LogP contribution < -0.4 is 0 Å². The van der Waals surface area contributed by atoms with Crippen molar-refractivity contribution >= 4 is 17.6 Å². The van der Waals surface area contributed by atoms with E-state index >= 15 is 0 Å². The highest BCUT2D eigenvalue weighted by molar-refractivity contribution is 6.30. The molecule has 0 saturated heterocycles. The van der Waals surface area contributed by atoms with Crippen LogP contribution in [0.3, 0.4) is 0 Å². The highest BCUT2D eigenvalue weighted by Gasteiger charge is 2.17. The van der Waals surface area contributed by atoms with Gasteiger partial charge >= 0.3 is 5.97 Å². The summed E-state index contributed by atoms with van der Waals surface area (Å²) in [5.41, 5.74) is 2.15. The van der Waals surface area contributed by atoms with Gasteiger partial charge in [0.2, 0.25) is 0 Å². The molecule has 1 N–H and O–H groups in total. The normalized spacial score (nSPS) is 10.6. The van der Waals surface area contributed by atoms with Crippen LogP contribution in [0.1, 0.15) is 10.5 Å². The summed E-state index contributed by atoms with van der Waals surface area (Å²) in [7, 11) is 1.75. The first-order valence-corrected chi connectivity index (χ1v) is 6.77. The van der Waals surface area contributed by atoms with E-state index in [1.807, 2.05) is 0 Å². The summed E-state index contributed by atoms with van der Waals surface area (Å²) >= 11 is 5.87. The van der Waals surface area contributed by atoms with Gasteiger partial charge in [0.15, 0.2) is 5.69 Å². The topological polar surface area (TPSA) is 80.9 Å². The first-order chi connectivity index (χ1) is 10.5. The Kier molecular flexibility index (Phi) is 3.60. The smallest absolute Gasteiger partial charge is 0.356 e. The molecule has 2 heterocycles. The Morgan fingerprint density at radius 2 is 1.91 bits per heavy atom. The third-order valence-electron chi connectivity index (χ3n) is 3.09. The molecule has 0 amide bonds. The van der Waals surface area contributed by atoms with E-state index in [4.69, 9.17) is 11.6 Å². The van der Waals surface area contributed by atoms with Gasteiger partial charge in [-0.2, -0.15) is 5.10 Å². The average Bonchev–Trinajstić information content (AvgIpc) is 2.94. The number of halogens is 1. The lowest BCUT2D eigenvalue weighted by Gasteiger charge is -2.06. The number of carbonyl (C=O) groups is 1. The second-order valence-corrected chi connectivity index (χ2v) is 5.10. The molecule has 0 spiro atoms. The zero-order valence-electron chi connectivity index (χ0n) is 11.6. The van der Waals surface area contributed by atoms with Crippen molar-refractivity contribution in [3.63, 3.8) is 0 Å². The Morgan fingerprint density at radius 3 is 2.50 bits per heavy atom. The first kappa shape index (κ1) is 14.2. The van der Waals surface area contributed by atoms with Crippen molar-refractivity contribution in [3.05, 3.63) is 53.6 Å². The van der Waals surface area contributed by atoms with Gasteiger partial charge in [0.05, 0.1) is 18.1 Å². The number of benzene rings is 1. The number of aromatic carboxylic acids is 1. The SMILES string of the molecule is Cn1cc(-c2nc(-c3ccc(Cl)cc3)cnc2C(=O)O)cn1. The molecule has 0 fully saturated rings. The summed E-state index contributed by atoms with van der Waals surface area (Å²) < 4.78 is 1.58. The average molecular weight is 315 g/mol. The molecule has 6 nitrogen and oxygen atoms in total. The molecule has 110 valence electrons. The lowest BCUT2D eigenvalue weighted by Crippen LogP contribution is -2.05. The van der Waals surface area contributed by atoms with Crippen molar-refractivity contribution in [1.82, 2.24) is 19.7 Å². The van der Waals surface area contributed by atoms with E-state index in [9.17, 15) is 9.90 Å². The van der Waals surface area contributed by atoms with E-state index in [1.54, 1.807) is 48.4 Å². The van der Waals surface area contributed by atoms with Crippen molar-refractivity contribution in [2.24, 2.45) is 7.05 Å². The number of nitrogens with zero attached hydrogens (tertiary/aromatic N) is 4. The van der Waals surface area contributed by atoms with Gasteiger partial charge in [0.1, 0.15) is 5.69 Å². The Hall–Kier alpha value is -2.73. The fraction of sp³-hybridized carbons (Fsp3) is 0.0667. The molecule has 0 saturated carbocycles. The fourth-order valence-corrected chi connectivity index (χ4v) is 2.18. The molecule has 7 heteroatoms. The van der Waals surface area contributed by atoms with Crippen LogP contribution in [0, 0.1) is 0 Å². The molecule has 0 radical (unpaired) electrons. The summed E-state index contributed by atoms with van der Waals surface area (Å²) in [6, 6.07) is 7.10. The lowest BCUT2D eigenvalue weighted by atomic mass is 10.1. The number of carboxylic acid groups (broad SMARTS) is 1. The Balaban J connectivity index is 2.15. The van der Waals surface area contributed by atoms with Crippen LogP contribution >= 0.6 is 11.6 Å². The van der Waals surface area contributed by atoms with E-state index in [0.29, 0.717) is 16.3 Å². The van der Waals surface area contributed by atoms with Crippen LogP contribution in [-0.4, -0.2) is 30.8 Å². The van der Waals surface area contributed by atoms with Crippen LogP contribution in [0.5, 0.6) is 0 Å². The Labute approximate surface area is 131 Å². The Bertz CT molecular complexity index is 843. The van der Waals surface area contributed by atoms with Gasteiger partial charge in [-0.15, -0.1) is 0 Å². The fourth-order valence-electron chi connectivity index (χ4n) is 2.05. The van der Waals surface area contributed by atoms with Gasteiger partial charge in [0.25, 0.3) is 0 Å². The number of rotatable bonds is 3. The highest BCUT2D eigenvalue weighted by Crippen LogP contribution is 2.25. The minimum atomic E-state index is -1.13. The lowest BCUT2D eigenvalue weighted by molar-refractivity contribution is 0.0691. The second kappa shape index (κ2) is 5.57. The van der Waals surface area contributed by atoms with E-state index in [2.05, 4.69) is 15.1 Å². The van der Waals surface area contributed by atoms with Gasteiger partial charge in [-0.25, -0.2) is 14.8 Å². The number of aromatic nitrogens is 4. The van der Waals surface area contributed by atoms with Gasteiger partial charge in [-0.3, -0.25) is 4.68 Å². The third-order valence-corrected chi connectivity index (χ3v) is 3.35. The maximum absolute atomic E-state index is 11.3. The van der Waals surface area contributed by atoms with E-state index in [-0.39, 0.29) is 11.4 Å². The van der Waals surface area contributed by atoms with Gasteiger partial charge in [-0.1, -0.05) is 23.7 Å². The van der Waals surface area contributed by atoms with Gasteiger partial charge in [0, 0.05) is 29.4 Å². The molecule has 0 aliphatic rings. The minimum Gasteiger partial charge on any atom is -0.476 e. The van der Waals surface area contributed by atoms with Crippen molar-refractivity contribution in [3.8, 4) is 22.5 Å². The molecular weight excluding hydrogens is 304 g/mol. The van der Waals surface area contributed by atoms with Gasteiger partial charge < -0.3 is 5.11 Å². The van der Waals surface area contributed by atoms with Crippen molar-refractivity contribution < 1.29 is 9.90 Å². The van der Waals surface area contributed by atoms with E-state index in [1.165, 1.54) is 6.20 Å². The quantitative estimate of drug-likeness (QED) is 0.804. The molecule has 3 rings (SSSR count). The molecule has 0 aliphatic heterocycles. The van der Waals surface area contributed by atoms with E-state index in [0.717, 1.165) is 5.56 Å². The monoisotopic (exact) mass is 314 g/mol. The first-order valence-electron chi connectivity index (χ1n) is 6.40. The van der Waals surface area contributed by atoms with Crippen LogP contribution in [0.4, 0.5) is 0 Å². The van der Waals surface area contributed by atoms with Crippen molar-refractivity contribution in [2.75, 3.05) is 0 Å². The third kappa shape index (κ3) is 2.68. The van der Waals surface area contributed by atoms with Crippen molar-refractivity contribution in [2.45, 2.75) is 0 Å². The maximum Gasteiger partial charge on any atom is 0.356 e. The minimum absolute atomic E-state index is 0.106. The van der Waals surface area contributed by atoms with Crippen LogP contribution in [0.25, 0.3) is 22.5 Å². The zero-order chi connectivity index (χ0) is 15.7. The summed E-state index contributed by atoms with van der Waals surface area (Å²) in [6.45, 7) is 0. The predicted molar refractivity (Wildman–Crippen MR) is 81.6 cm³/mol. The molecule has 22 heavy (non-hydrogen) atoms. The van der Waals surface area contributed by atoms with Gasteiger partial charge in [-0.05, 0) is 12.1 Å². The number of carboxylic acids is 1. The van der Waals surface area contributed by atoms with E-state index < -0.39 is 5.97 Å². The molecule has 1 aromatic carbocycles. The summed E-state index contributed by atoms with van der Waals surface area (Å²) in [4.78, 5) is 19.8. The predicted octanol–water partition coefficient (Wildman–Crippen LogP) is 2.90. The molecule has 0 unspecified atom stereocenters. The molecule has 2 aromatic heterocycles. The largest absolute Gasteiger partial charge is 0.476 e. The second-order valence-electron chi connectivity index (χ2n) is 4.67. The number of hydrogen-bond acceptors (Lipinski definition) is 4. The maximum atomic E-state index is 11.3. The molecule has 0 bridgehead atoms. The standard InChI is InChI=1S/C15H11ClN4O2/c1-20-8-10(6-18-20)13-14(15(21)22)17-7-12(19-13)9-2-4-11(16)5-3-9/h2-8H,1H3,(H,21,22). The number of aryl methyl sites for hydroxylation is 1. The summed E-state index contributed by atoms with van der Waals surface area (Å²) in [5.74, 6) is -1.13. The van der Waals surface area contributed by atoms with Crippen LogP contribution in [0.2, 0.25) is 5.02 Å². The molecule has 0 aliphatic carbocycles. The zero-order valence-corrected chi connectivity index (χ0v) is 12.3. The number of hydrogen-bond donors (Lipinski definition) is 1. The van der Waals surface area contributed by atoms with Crippen LogP contribution in [-0.2, 0) is 7.05 Å². The Morgan fingerprint density at radius 1 is 1.18 bits per heavy atom. The highest BCUT2D eigenvalue weighted by atomic mass is 35.5. The molecule has 0 atom stereocenters. The summed E-state index contributed by atoms with van der Waals surface area (Å²) in [6.07, 6.45) is 4.69. The molecular formula is C15H11ClN4O2. The summed E-state index contributed by atoms with van der Waals surface area (Å²) in [5, 5.41) is 13.9. The van der Waals surface area contributed by atoms with Crippen LogP contribution in [0.15, 0.2) is 42.9 Å².